The number of amides is 1. The summed E-state index contributed by atoms with van der Waals surface area (Å²) in [5, 5.41) is 2.67. The van der Waals surface area contributed by atoms with E-state index >= 15 is 0 Å². The predicted molar refractivity (Wildman–Crippen MR) is 84.6 cm³/mol. The summed E-state index contributed by atoms with van der Waals surface area (Å²) in [6.07, 6.45) is 0.183. The van der Waals surface area contributed by atoms with Crippen molar-refractivity contribution in [2.24, 2.45) is 0 Å². The second-order valence-electron chi connectivity index (χ2n) is 5.44. The van der Waals surface area contributed by atoms with Crippen LogP contribution in [0, 0.1) is 18.8 Å². The van der Waals surface area contributed by atoms with Crippen LogP contribution in [0.25, 0.3) is 0 Å². The molecule has 0 saturated carbocycles. The SMILES string of the molecule is Cc1ccc(C#CCCNC(=O)OC(C)(C)C)cc1Br. The second kappa shape index (κ2) is 7.35. The lowest BCUT2D eigenvalue weighted by Gasteiger charge is -2.19. The van der Waals surface area contributed by atoms with Crippen LogP contribution in [0.2, 0.25) is 0 Å². The Kier molecular flexibility index (Phi) is 6.09. The van der Waals surface area contributed by atoms with Crippen molar-refractivity contribution in [3.8, 4) is 11.8 Å². The number of carbonyl (C=O) groups excluding carboxylic acids is 1. The van der Waals surface area contributed by atoms with Crippen LogP contribution in [-0.2, 0) is 4.74 Å². The number of carbonyl (C=O) groups is 1. The largest absolute Gasteiger partial charge is 0.444 e. The first-order valence-corrected chi connectivity index (χ1v) is 7.29. The normalized spacial score (nSPS) is 10.4. The number of hydrogen-bond donors (Lipinski definition) is 1. The zero-order chi connectivity index (χ0) is 15.2. The number of benzene rings is 1. The van der Waals surface area contributed by atoms with Crippen LogP contribution in [0.3, 0.4) is 0 Å². The highest BCUT2D eigenvalue weighted by Gasteiger charge is 2.15. The van der Waals surface area contributed by atoms with Gasteiger partial charge in [0.2, 0.25) is 0 Å². The maximum absolute atomic E-state index is 11.4. The molecule has 0 aromatic heterocycles. The average Bonchev–Trinajstić information content (AvgIpc) is 2.31. The molecular formula is C16H20BrNO2. The lowest BCUT2D eigenvalue weighted by molar-refractivity contribution is 0.0529. The first-order valence-electron chi connectivity index (χ1n) is 6.50. The summed E-state index contributed by atoms with van der Waals surface area (Å²) in [5.74, 6) is 6.09. The van der Waals surface area contributed by atoms with Gasteiger partial charge in [-0.2, -0.15) is 0 Å². The number of nitrogens with one attached hydrogen (secondary N) is 1. The van der Waals surface area contributed by atoms with Gasteiger partial charge in [0, 0.05) is 23.0 Å². The Labute approximate surface area is 129 Å². The highest BCUT2D eigenvalue weighted by Crippen LogP contribution is 2.16. The van der Waals surface area contributed by atoms with Crippen molar-refractivity contribution < 1.29 is 9.53 Å². The Morgan fingerprint density at radius 3 is 2.70 bits per heavy atom. The topological polar surface area (TPSA) is 38.3 Å². The van der Waals surface area contributed by atoms with Gasteiger partial charge in [0.15, 0.2) is 0 Å². The molecule has 1 aromatic carbocycles. The van der Waals surface area contributed by atoms with Crippen LogP contribution in [-0.4, -0.2) is 18.2 Å². The Bertz CT molecular complexity index is 536. The van der Waals surface area contributed by atoms with E-state index in [2.05, 4.69) is 33.1 Å². The van der Waals surface area contributed by atoms with E-state index in [1.54, 1.807) is 0 Å². The molecule has 1 N–H and O–H groups in total. The quantitative estimate of drug-likeness (QED) is 0.653. The monoisotopic (exact) mass is 337 g/mol. The van der Waals surface area contributed by atoms with E-state index in [4.69, 9.17) is 4.74 Å². The van der Waals surface area contributed by atoms with E-state index < -0.39 is 11.7 Å². The number of ether oxygens (including phenoxy) is 1. The first kappa shape index (κ1) is 16.6. The van der Waals surface area contributed by atoms with Crippen LogP contribution in [0.5, 0.6) is 0 Å². The summed E-state index contributed by atoms with van der Waals surface area (Å²) in [6.45, 7) is 8.02. The van der Waals surface area contributed by atoms with Crippen molar-refractivity contribution >= 4 is 22.0 Å². The van der Waals surface area contributed by atoms with Crippen LogP contribution >= 0.6 is 15.9 Å². The standard InChI is InChI=1S/C16H20BrNO2/c1-12-8-9-13(11-14(12)17)7-5-6-10-18-15(19)20-16(2,3)4/h8-9,11H,6,10H2,1-4H3,(H,18,19). The molecule has 0 spiro atoms. The van der Waals surface area contributed by atoms with Gasteiger partial charge in [-0.15, -0.1) is 0 Å². The van der Waals surface area contributed by atoms with Crippen molar-refractivity contribution in [3.05, 3.63) is 33.8 Å². The second-order valence-corrected chi connectivity index (χ2v) is 6.30. The molecule has 0 fully saturated rings. The Balaban J connectivity index is 2.36. The molecule has 1 amide bonds. The summed E-state index contributed by atoms with van der Waals surface area (Å²) in [7, 11) is 0. The zero-order valence-corrected chi connectivity index (χ0v) is 13.9. The number of hydrogen-bond acceptors (Lipinski definition) is 2. The summed E-state index contributed by atoms with van der Waals surface area (Å²) in [6, 6.07) is 5.99. The molecule has 0 aliphatic rings. The molecule has 20 heavy (non-hydrogen) atoms. The van der Waals surface area contributed by atoms with E-state index in [1.165, 1.54) is 5.56 Å². The summed E-state index contributed by atoms with van der Waals surface area (Å²) in [5.41, 5.74) is 1.67. The number of halogens is 1. The van der Waals surface area contributed by atoms with Crippen LogP contribution < -0.4 is 5.32 Å². The van der Waals surface area contributed by atoms with Gasteiger partial charge >= 0.3 is 6.09 Å². The molecule has 0 atom stereocenters. The summed E-state index contributed by atoms with van der Waals surface area (Å²) in [4.78, 5) is 11.4. The minimum Gasteiger partial charge on any atom is -0.444 e. The molecule has 1 rings (SSSR count). The highest BCUT2D eigenvalue weighted by molar-refractivity contribution is 9.10. The molecule has 0 saturated heterocycles. The van der Waals surface area contributed by atoms with Gasteiger partial charge in [0.1, 0.15) is 5.60 Å². The molecule has 4 heteroatoms. The molecule has 0 aliphatic heterocycles. The minimum atomic E-state index is -0.468. The molecule has 108 valence electrons. The maximum atomic E-state index is 11.4. The molecule has 3 nitrogen and oxygen atoms in total. The number of aryl methyl sites for hydroxylation is 1. The smallest absolute Gasteiger partial charge is 0.407 e. The van der Waals surface area contributed by atoms with E-state index in [-0.39, 0.29) is 0 Å². The maximum Gasteiger partial charge on any atom is 0.407 e. The van der Waals surface area contributed by atoms with E-state index in [0.29, 0.717) is 13.0 Å². The van der Waals surface area contributed by atoms with Crippen molar-refractivity contribution in [2.45, 2.75) is 39.7 Å². The van der Waals surface area contributed by atoms with E-state index in [9.17, 15) is 4.79 Å². The van der Waals surface area contributed by atoms with Gasteiger partial charge in [-0.25, -0.2) is 4.79 Å². The predicted octanol–water partition coefficient (Wildman–Crippen LogP) is 4.02. The Morgan fingerprint density at radius 2 is 2.10 bits per heavy atom. The van der Waals surface area contributed by atoms with Crippen LogP contribution in [0.1, 0.15) is 38.3 Å². The molecule has 1 aromatic rings. The fourth-order valence-corrected chi connectivity index (χ4v) is 1.76. The zero-order valence-electron chi connectivity index (χ0n) is 12.3. The fourth-order valence-electron chi connectivity index (χ4n) is 1.38. The molecule has 0 bridgehead atoms. The lowest BCUT2D eigenvalue weighted by atomic mass is 10.1. The minimum absolute atomic E-state index is 0.405. The van der Waals surface area contributed by atoms with Gasteiger partial charge in [0.05, 0.1) is 0 Å². The fraction of sp³-hybridized carbons (Fsp3) is 0.438. The molecule has 0 heterocycles. The van der Waals surface area contributed by atoms with Gasteiger partial charge < -0.3 is 10.1 Å². The van der Waals surface area contributed by atoms with E-state index in [1.807, 2.05) is 45.9 Å². The van der Waals surface area contributed by atoms with Gasteiger partial charge in [0.25, 0.3) is 0 Å². The highest BCUT2D eigenvalue weighted by atomic mass is 79.9. The van der Waals surface area contributed by atoms with Crippen molar-refractivity contribution in [1.29, 1.82) is 0 Å². The van der Waals surface area contributed by atoms with Gasteiger partial charge in [-0.05, 0) is 45.4 Å². The third-order valence-electron chi connectivity index (χ3n) is 2.32. The Morgan fingerprint density at radius 1 is 1.40 bits per heavy atom. The van der Waals surface area contributed by atoms with Crippen molar-refractivity contribution in [2.75, 3.05) is 6.54 Å². The summed E-state index contributed by atoms with van der Waals surface area (Å²) >= 11 is 3.47. The molecule has 0 unspecified atom stereocenters. The molecule has 0 radical (unpaired) electrons. The van der Waals surface area contributed by atoms with Crippen LogP contribution in [0.15, 0.2) is 22.7 Å². The van der Waals surface area contributed by atoms with E-state index in [0.717, 1.165) is 10.0 Å². The lowest BCUT2D eigenvalue weighted by Crippen LogP contribution is -2.32. The summed E-state index contributed by atoms with van der Waals surface area (Å²) < 4.78 is 6.18. The Hall–Kier alpha value is -1.47. The average molecular weight is 338 g/mol. The number of rotatable bonds is 2. The number of alkyl carbamates (subject to hydrolysis) is 1. The van der Waals surface area contributed by atoms with Crippen LogP contribution in [0.4, 0.5) is 4.79 Å². The third kappa shape index (κ3) is 6.63. The van der Waals surface area contributed by atoms with Gasteiger partial charge in [-0.3, -0.25) is 0 Å². The van der Waals surface area contributed by atoms with Crippen molar-refractivity contribution in [1.82, 2.24) is 5.32 Å². The molecule has 0 aliphatic carbocycles. The third-order valence-corrected chi connectivity index (χ3v) is 3.18. The van der Waals surface area contributed by atoms with Gasteiger partial charge in [-0.1, -0.05) is 33.8 Å². The van der Waals surface area contributed by atoms with Crippen molar-refractivity contribution in [3.63, 3.8) is 0 Å². The first-order chi connectivity index (χ1) is 9.28. The molecular weight excluding hydrogens is 318 g/mol.